The standard InChI is InChI=1S/C16H19ClN6/c1-2-3-8-19-16-21-14(18)13-15(22-16)23(10-20-13)9-11-6-4-5-7-12(11)17/h4-7,10H,2-3,8-9H2,1H3,(H3,18,19,21,22). The van der Waals surface area contributed by atoms with Crippen molar-refractivity contribution >= 4 is 34.5 Å². The number of nitrogens with zero attached hydrogens (tertiary/aromatic N) is 4. The van der Waals surface area contributed by atoms with Crippen molar-refractivity contribution in [3.8, 4) is 0 Å². The molecular formula is C16H19ClN6. The average molecular weight is 331 g/mol. The predicted molar refractivity (Wildman–Crippen MR) is 93.7 cm³/mol. The molecule has 2 heterocycles. The number of hydrogen-bond acceptors (Lipinski definition) is 5. The predicted octanol–water partition coefficient (Wildman–Crippen LogP) is 3.32. The lowest BCUT2D eigenvalue weighted by Gasteiger charge is -2.08. The molecule has 3 aromatic rings. The van der Waals surface area contributed by atoms with E-state index < -0.39 is 0 Å². The second-order valence-corrected chi connectivity index (χ2v) is 5.76. The lowest BCUT2D eigenvalue weighted by molar-refractivity contribution is 0.808. The molecule has 3 N–H and O–H groups in total. The van der Waals surface area contributed by atoms with Crippen LogP contribution in [0.1, 0.15) is 25.3 Å². The quantitative estimate of drug-likeness (QED) is 0.677. The molecule has 0 saturated carbocycles. The van der Waals surface area contributed by atoms with Crippen LogP contribution in [0, 0.1) is 0 Å². The van der Waals surface area contributed by atoms with Gasteiger partial charge in [0.2, 0.25) is 5.95 Å². The fraction of sp³-hybridized carbons (Fsp3) is 0.312. The SMILES string of the molecule is CCCCNc1nc(N)c2ncn(Cc3ccccc3Cl)c2n1. The highest BCUT2D eigenvalue weighted by Crippen LogP contribution is 2.21. The zero-order valence-electron chi connectivity index (χ0n) is 13.0. The maximum atomic E-state index is 6.24. The molecule has 0 bridgehead atoms. The molecule has 0 aliphatic rings. The van der Waals surface area contributed by atoms with Crippen LogP contribution >= 0.6 is 11.6 Å². The molecule has 120 valence electrons. The summed E-state index contributed by atoms with van der Waals surface area (Å²) < 4.78 is 1.93. The maximum absolute atomic E-state index is 6.24. The molecule has 3 rings (SSSR count). The summed E-state index contributed by atoms with van der Waals surface area (Å²) in [6.07, 6.45) is 3.88. The number of benzene rings is 1. The summed E-state index contributed by atoms with van der Waals surface area (Å²) in [4.78, 5) is 13.1. The summed E-state index contributed by atoms with van der Waals surface area (Å²) in [6.45, 7) is 3.54. The minimum atomic E-state index is 0.381. The van der Waals surface area contributed by atoms with Gasteiger partial charge in [-0.3, -0.25) is 0 Å². The van der Waals surface area contributed by atoms with Crippen LogP contribution in [-0.2, 0) is 6.54 Å². The first kappa shape index (κ1) is 15.6. The van der Waals surface area contributed by atoms with E-state index in [1.54, 1.807) is 6.33 Å². The molecule has 0 unspecified atom stereocenters. The van der Waals surface area contributed by atoms with E-state index in [1.807, 2.05) is 28.8 Å². The van der Waals surface area contributed by atoms with Gasteiger partial charge in [0.15, 0.2) is 11.5 Å². The molecule has 0 amide bonds. The summed E-state index contributed by atoms with van der Waals surface area (Å²) in [5, 5.41) is 3.92. The smallest absolute Gasteiger partial charge is 0.226 e. The number of fused-ring (bicyclic) bond motifs is 1. The van der Waals surface area contributed by atoms with Gasteiger partial charge in [-0.15, -0.1) is 0 Å². The first-order valence-electron chi connectivity index (χ1n) is 7.64. The molecule has 23 heavy (non-hydrogen) atoms. The van der Waals surface area contributed by atoms with Gasteiger partial charge in [0.25, 0.3) is 0 Å². The van der Waals surface area contributed by atoms with Gasteiger partial charge in [-0.25, -0.2) is 4.98 Å². The van der Waals surface area contributed by atoms with Crippen molar-refractivity contribution in [2.24, 2.45) is 0 Å². The highest BCUT2D eigenvalue weighted by atomic mass is 35.5. The molecule has 0 radical (unpaired) electrons. The van der Waals surface area contributed by atoms with Gasteiger partial charge in [0.05, 0.1) is 12.9 Å². The second kappa shape index (κ2) is 6.83. The van der Waals surface area contributed by atoms with Crippen molar-refractivity contribution in [1.82, 2.24) is 19.5 Å². The minimum absolute atomic E-state index is 0.381. The summed E-state index contributed by atoms with van der Waals surface area (Å²) in [5.41, 5.74) is 8.32. The highest BCUT2D eigenvalue weighted by Gasteiger charge is 2.12. The lowest BCUT2D eigenvalue weighted by atomic mass is 10.2. The van der Waals surface area contributed by atoms with E-state index in [0.717, 1.165) is 30.0 Å². The Kier molecular flexibility index (Phi) is 4.62. The third-order valence-corrected chi connectivity index (χ3v) is 3.97. The van der Waals surface area contributed by atoms with Gasteiger partial charge >= 0.3 is 0 Å². The van der Waals surface area contributed by atoms with Crippen molar-refractivity contribution in [2.75, 3.05) is 17.6 Å². The Balaban J connectivity index is 1.93. The molecule has 0 atom stereocenters. The Labute approximate surface area is 139 Å². The fourth-order valence-electron chi connectivity index (χ4n) is 2.35. The van der Waals surface area contributed by atoms with Gasteiger partial charge in [-0.2, -0.15) is 9.97 Å². The van der Waals surface area contributed by atoms with Gasteiger partial charge in [-0.1, -0.05) is 43.1 Å². The number of aromatic nitrogens is 4. The number of hydrogen-bond donors (Lipinski definition) is 2. The van der Waals surface area contributed by atoms with Gasteiger partial charge in [0.1, 0.15) is 5.52 Å². The van der Waals surface area contributed by atoms with Crippen molar-refractivity contribution in [1.29, 1.82) is 0 Å². The van der Waals surface area contributed by atoms with Crippen LogP contribution < -0.4 is 11.1 Å². The van der Waals surface area contributed by atoms with E-state index in [1.165, 1.54) is 0 Å². The van der Waals surface area contributed by atoms with Crippen LogP contribution in [0.2, 0.25) is 5.02 Å². The third-order valence-electron chi connectivity index (χ3n) is 3.60. The molecule has 0 aliphatic heterocycles. The van der Waals surface area contributed by atoms with E-state index in [4.69, 9.17) is 17.3 Å². The molecule has 0 fully saturated rings. The molecule has 0 spiro atoms. The Morgan fingerprint density at radius 2 is 2.09 bits per heavy atom. The number of unbranched alkanes of at least 4 members (excludes halogenated alkanes) is 1. The summed E-state index contributed by atoms with van der Waals surface area (Å²) in [5.74, 6) is 0.913. The fourth-order valence-corrected chi connectivity index (χ4v) is 2.54. The first-order valence-corrected chi connectivity index (χ1v) is 8.02. The number of anilines is 2. The van der Waals surface area contributed by atoms with Crippen LogP contribution in [-0.4, -0.2) is 26.1 Å². The summed E-state index contributed by atoms with van der Waals surface area (Å²) >= 11 is 6.24. The Morgan fingerprint density at radius 3 is 2.87 bits per heavy atom. The van der Waals surface area contributed by atoms with Gasteiger partial charge < -0.3 is 15.6 Å². The summed E-state index contributed by atoms with van der Waals surface area (Å²) in [7, 11) is 0. The van der Waals surface area contributed by atoms with Crippen LogP contribution in [0.25, 0.3) is 11.2 Å². The largest absolute Gasteiger partial charge is 0.382 e. The molecule has 2 aromatic heterocycles. The number of imidazole rings is 1. The Bertz CT molecular complexity index is 813. The van der Waals surface area contributed by atoms with Crippen LogP contribution in [0.15, 0.2) is 30.6 Å². The van der Waals surface area contributed by atoms with Crippen LogP contribution in [0.5, 0.6) is 0 Å². The van der Waals surface area contributed by atoms with Crippen molar-refractivity contribution in [3.05, 3.63) is 41.2 Å². The summed E-state index contributed by atoms with van der Waals surface area (Å²) in [6, 6.07) is 7.73. The van der Waals surface area contributed by atoms with E-state index in [0.29, 0.717) is 29.5 Å². The maximum Gasteiger partial charge on any atom is 0.226 e. The number of nitrogens with one attached hydrogen (secondary N) is 1. The van der Waals surface area contributed by atoms with Crippen molar-refractivity contribution in [3.63, 3.8) is 0 Å². The molecule has 0 aliphatic carbocycles. The van der Waals surface area contributed by atoms with E-state index in [-0.39, 0.29) is 0 Å². The third kappa shape index (κ3) is 3.37. The minimum Gasteiger partial charge on any atom is -0.382 e. The van der Waals surface area contributed by atoms with Gasteiger partial charge in [-0.05, 0) is 18.1 Å². The zero-order chi connectivity index (χ0) is 16.2. The monoisotopic (exact) mass is 330 g/mol. The number of halogens is 1. The number of rotatable bonds is 6. The molecule has 6 nitrogen and oxygen atoms in total. The molecular weight excluding hydrogens is 312 g/mol. The van der Waals surface area contributed by atoms with Crippen molar-refractivity contribution < 1.29 is 0 Å². The number of nitrogens with two attached hydrogens (primary N) is 1. The normalized spacial score (nSPS) is 11.0. The lowest BCUT2D eigenvalue weighted by Crippen LogP contribution is -2.08. The van der Waals surface area contributed by atoms with E-state index in [2.05, 4.69) is 27.2 Å². The Morgan fingerprint density at radius 1 is 1.26 bits per heavy atom. The van der Waals surface area contributed by atoms with Crippen LogP contribution in [0.3, 0.4) is 0 Å². The van der Waals surface area contributed by atoms with E-state index >= 15 is 0 Å². The zero-order valence-corrected chi connectivity index (χ0v) is 13.7. The van der Waals surface area contributed by atoms with Crippen molar-refractivity contribution in [2.45, 2.75) is 26.3 Å². The van der Waals surface area contributed by atoms with Gasteiger partial charge in [0, 0.05) is 11.6 Å². The Hall–Kier alpha value is -2.34. The number of nitrogen functional groups attached to an aromatic ring is 1. The van der Waals surface area contributed by atoms with Crippen LogP contribution in [0.4, 0.5) is 11.8 Å². The van der Waals surface area contributed by atoms with E-state index in [9.17, 15) is 0 Å². The average Bonchev–Trinajstić information content (AvgIpc) is 2.94. The second-order valence-electron chi connectivity index (χ2n) is 5.35. The molecule has 1 aromatic carbocycles. The molecule has 7 heteroatoms. The molecule has 0 saturated heterocycles. The first-order chi connectivity index (χ1) is 11.2. The topological polar surface area (TPSA) is 81.6 Å². The highest BCUT2D eigenvalue weighted by molar-refractivity contribution is 6.31.